The molecule has 0 spiro atoms. The van der Waals surface area contributed by atoms with Crippen LogP contribution in [0.1, 0.15) is 38.4 Å². The van der Waals surface area contributed by atoms with Gasteiger partial charge in [-0.2, -0.15) is 5.10 Å². The van der Waals surface area contributed by atoms with E-state index in [1.807, 2.05) is 0 Å². The predicted molar refractivity (Wildman–Crippen MR) is 115 cm³/mol. The first-order chi connectivity index (χ1) is 13.9. The van der Waals surface area contributed by atoms with Gasteiger partial charge in [-0.05, 0) is 43.7 Å². The Kier molecular flexibility index (Phi) is 6.96. The lowest BCUT2D eigenvalue weighted by molar-refractivity contribution is 0.0941. The summed E-state index contributed by atoms with van der Waals surface area (Å²) in [5.41, 5.74) is 1.79. The number of rotatable bonds is 7. The van der Waals surface area contributed by atoms with Crippen LogP contribution in [-0.4, -0.2) is 28.0 Å². The quantitative estimate of drug-likeness (QED) is 0.397. The van der Waals surface area contributed by atoms with E-state index in [0.29, 0.717) is 57.1 Å². The lowest BCUT2D eigenvalue weighted by Crippen LogP contribution is -2.27. The molecule has 0 aliphatic rings. The van der Waals surface area contributed by atoms with Crippen molar-refractivity contribution in [3.63, 3.8) is 0 Å². The van der Waals surface area contributed by atoms with E-state index in [9.17, 15) is 9.59 Å². The van der Waals surface area contributed by atoms with Gasteiger partial charge in [-0.15, -0.1) is 0 Å². The highest BCUT2D eigenvalue weighted by atomic mass is 35.5. The normalized spacial score (nSPS) is 10.8. The minimum absolute atomic E-state index is 0.235. The number of benzene rings is 2. The van der Waals surface area contributed by atoms with Crippen LogP contribution in [0.15, 0.2) is 48.5 Å². The Bertz CT molecular complexity index is 1050. The maximum Gasteiger partial charge on any atom is 0.252 e. The summed E-state index contributed by atoms with van der Waals surface area (Å²) in [6.45, 7) is 2.69. The highest BCUT2D eigenvalue weighted by Crippen LogP contribution is 2.25. The molecule has 2 aromatic carbocycles. The van der Waals surface area contributed by atoms with E-state index in [0.717, 1.165) is 0 Å². The molecule has 0 aliphatic carbocycles. The Balaban J connectivity index is 1.64. The first-order valence-corrected chi connectivity index (χ1v) is 10.1. The fourth-order valence-electron chi connectivity index (χ4n) is 2.84. The Morgan fingerprint density at radius 3 is 2.28 bits per heavy atom. The molecule has 1 aromatic heterocycles. The molecule has 1 N–H and O–H groups in total. The Hall–Kier alpha value is -2.34. The van der Waals surface area contributed by atoms with Gasteiger partial charge in [0.25, 0.3) is 5.91 Å². The summed E-state index contributed by atoms with van der Waals surface area (Å²) in [5, 5.41) is 8.45. The second-order valence-corrected chi connectivity index (χ2v) is 7.58. The number of aryl methyl sites for hydroxylation is 2. The third kappa shape index (κ3) is 4.99. The van der Waals surface area contributed by atoms with Crippen LogP contribution in [-0.2, 0) is 6.54 Å². The van der Waals surface area contributed by atoms with E-state index < -0.39 is 0 Å². The van der Waals surface area contributed by atoms with Crippen molar-refractivity contribution in [2.24, 2.45) is 0 Å². The first-order valence-electron chi connectivity index (χ1n) is 8.94. The number of carbonyl (C=O) groups is 2. The van der Waals surface area contributed by atoms with Crippen molar-refractivity contribution >= 4 is 46.5 Å². The number of nitrogens with one attached hydrogen (secondary N) is 1. The third-order valence-corrected chi connectivity index (χ3v) is 5.54. The van der Waals surface area contributed by atoms with Crippen molar-refractivity contribution in [1.82, 2.24) is 15.1 Å². The molecule has 1 amide bonds. The molecule has 1 heterocycles. The molecule has 0 aliphatic heterocycles. The van der Waals surface area contributed by atoms with E-state index >= 15 is 0 Å². The van der Waals surface area contributed by atoms with Crippen LogP contribution in [0.4, 0.5) is 0 Å². The summed E-state index contributed by atoms with van der Waals surface area (Å²) >= 11 is 18.0. The number of aromatic nitrogens is 2. The van der Waals surface area contributed by atoms with Gasteiger partial charge in [-0.25, -0.2) is 0 Å². The summed E-state index contributed by atoms with van der Waals surface area (Å²) in [6.07, 6.45) is 0.607. The highest BCUT2D eigenvalue weighted by Gasteiger charge is 2.18. The predicted octanol–water partition coefficient (Wildman–Crippen LogP) is 5.20. The molecule has 0 unspecified atom stereocenters. The second kappa shape index (κ2) is 9.44. The molecule has 0 fully saturated rings. The van der Waals surface area contributed by atoms with Gasteiger partial charge in [0, 0.05) is 29.2 Å². The van der Waals surface area contributed by atoms with Crippen molar-refractivity contribution in [3.05, 3.63) is 86.1 Å². The average molecular weight is 451 g/mol. The molecule has 5 nitrogen and oxygen atoms in total. The molecule has 0 saturated heterocycles. The van der Waals surface area contributed by atoms with E-state index in [4.69, 9.17) is 34.8 Å². The molecule has 3 aromatic rings. The number of hydrogen-bond donors (Lipinski definition) is 1. The Labute approximate surface area is 183 Å². The van der Waals surface area contributed by atoms with Crippen LogP contribution >= 0.6 is 34.8 Å². The third-order valence-electron chi connectivity index (χ3n) is 4.35. The number of hydrogen-bond acceptors (Lipinski definition) is 3. The smallest absolute Gasteiger partial charge is 0.252 e. The standard InChI is InChI=1S/C21H18Cl3N3O2/c1-13-18(23)20(24)27(26-13)12-4-11-25-21(29)17-6-3-2-5-16(17)19(28)14-7-9-15(22)10-8-14/h2-3,5-10H,4,11-12H2,1H3,(H,25,29). The molecule has 0 atom stereocenters. The van der Waals surface area contributed by atoms with Gasteiger partial charge in [-0.1, -0.05) is 53.0 Å². The van der Waals surface area contributed by atoms with Crippen LogP contribution in [0.2, 0.25) is 15.2 Å². The van der Waals surface area contributed by atoms with E-state index in [2.05, 4.69) is 10.4 Å². The van der Waals surface area contributed by atoms with Gasteiger partial charge >= 0.3 is 0 Å². The number of ketones is 1. The zero-order valence-electron chi connectivity index (χ0n) is 15.6. The number of amides is 1. The Morgan fingerprint density at radius 1 is 1.00 bits per heavy atom. The topological polar surface area (TPSA) is 64.0 Å². The van der Waals surface area contributed by atoms with Gasteiger partial charge in [0.2, 0.25) is 0 Å². The van der Waals surface area contributed by atoms with Crippen molar-refractivity contribution in [3.8, 4) is 0 Å². The molecule has 150 valence electrons. The molecule has 0 radical (unpaired) electrons. The largest absolute Gasteiger partial charge is 0.352 e. The number of nitrogens with zero attached hydrogens (tertiary/aromatic N) is 2. The van der Waals surface area contributed by atoms with Crippen LogP contribution in [0.25, 0.3) is 0 Å². The maximum atomic E-state index is 12.8. The summed E-state index contributed by atoms with van der Waals surface area (Å²) in [4.78, 5) is 25.4. The first kappa shape index (κ1) is 21.4. The zero-order chi connectivity index (χ0) is 21.0. The van der Waals surface area contributed by atoms with Crippen LogP contribution in [0.5, 0.6) is 0 Å². The van der Waals surface area contributed by atoms with Crippen LogP contribution < -0.4 is 5.32 Å². The molecule has 0 bridgehead atoms. The van der Waals surface area contributed by atoms with Crippen molar-refractivity contribution in [1.29, 1.82) is 0 Å². The van der Waals surface area contributed by atoms with E-state index in [1.54, 1.807) is 60.1 Å². The molecule has 29 heavy (non-hydrogen) atoms. The number of halogens is 3. The lowest BCUT2D eigenvalue weighted by Gasteiger charge is -2.10. The van der Waals surface area contributed by atoms with Crippen LogP contribution in [0.3, 0.4) is 0 Å². The number of carbonyl (C=O) groups excluding carboxylic acids is 2. The summed E-state index contributed by atoms with van der Waals surface area (Å²) in [6, 6.07) is 13.3. The van der Waals surface area contributed by atoms with Crippen molar-refractivity contribution in [2.45, 2.75) is 19.9 Å². The fraction of sp³-hybridized carbons (Fsp3) is 0.190. The highest BCUT2D eigenvalue weighted by molar-refractivity contribution is 6.41. The fourth-order valence-corrected chi connectivity index (χ4v) is 3.36. The average Bonchev–Trinajstić information content (AvgIpc) is 2.97. The van der Waals surface area contributed by atoms with Gasteiger partial charge in [0.1, 0.15) is 10.2 Å². The lowest BCUT2D eigenvalue weighted by atomic mass is 9.98. The zero-order valence-corrected chi connectivity index (χ0v) is 17.9. The SMILES string of the molecule is Cc1nn(CCCNC(=O)c2ccccc2C(=O)c2ccc(Cl)cc2)c(Cl)c1Cl. The van der Waals surface area contributed by atoms with Gasteiger partial charge < -0.3 is 5.32 Å². The van der Waals surface area contributed by atoms with E-state index in [1.165, 1.54) is 0 Å². The molecule has 8 heteroatoms. The molecular formula is C21H18Cl3N3O2. The maximum absolute atomic E-state index is 12.8. The molecule has 3 rings (SSSR count). The summed E-state index contributed by atoms with van der Waals surface area (Å²) < 4.78 is 1.60. The van der Waals surface area contributed by atoms with Gasteiger partial charge in [0.15, 0.2) is 5.78 Å². The monoisotopic (exact) mass is 449 g/mol. The van der Waals surface area contributed by atoms with Crippen molar-refractivity contribution in [2.75, 3.05) is 6.54 Å². The van der Waals surface area contributed by atoms with Crippen molar-refractivity contribution < 1.29 is 9.59 Å². The molecular weight excluding hydrogens is 433 g/mol. The minimum atomic E-state index is -0.316. The Morgan fingerprint density at radius 2 is 1.66 bits per heavy atom. The summed E-state index contributed by atoms with van der Waals surface area (Å²) in [7, 11) is 0. The van der Waals surface area contributed by atoms with Gasteiger partial charge in [0.05, 0.1) is 11.3 Å². The van der Waals surface area contributed by atoms with Crippen LogP contribution in [0, 0.1) is 6.92 Å². The van der Waals surface area contributed by atoms with Gasteiger partial charge in [-0.3, -0.25) is 14.3 Å². The summed E-state index contributed by atoms with van der Waals surface area (Å²) in [5.74, 6) is -0.551. The minimum Gasteiger partial charge on any atom is -0.352 e. The second-order valence-electron chi connectivity index (χ2n) is 6.40. The molecule has 0 saturated carbocycles. The van der Waals surface area contributed by atoms with E-state index in [-0.39, 0.29) is 11.7 Å².